The number of nitrogen functional groups attached to an aromatic ring is 1. The SMILES string of the molecule is Cl.Cl.Cl.Nc1nccc(Nc2ccc3[nH]c(-c4ccc(Nc5ccncn5)cc4)nc3c2)n1. The van der Waals surface area contributed by atoms with Gasteiger partial charge in [-0.1, -0.05) is 0 Å². The Morgan fingerprint density at radius 1 is 0.727 bits per heavy atom. The Labute approximate surface area is 207 Å². The van der Waals surface area contributed by atoms with Gasteiger partial charge in [0, 0.05) is 29.3 Å². The van der Waals surface area contributed by atoms with Crippen LogP contribution in [-0.2, 0) is 0 Å². The van der Waals surface area contributed by atoms with Gasteiger partial charge in [-0.2, -0.15) is 4.98 Å². The number of benzene rings is 2. The van der Waals surface area contributed by atoms with Crippen LogP contribution in [0.4, 0.5) is 29.0 Å². The van der Waals surface area contributed by atoms with Gasteiger partial charge in [0.15, 0.2) is 0 Å². The molecule has 9 nitrogen and oxygen atoms in total. The van der Waals surface area contributed by atoms with Crippen molar-refractivity contribution < 1.29 is 0 Å². The number of nitrogens with one attached hydrogen (secondary N) is 3. The van der Waals surface area contributed by atoms with Crippen LogP contribution >= 0.6 is 37.2 Å². The molecule has 0 spiro atoms. The van der Waals surface area contributed by atoms with Crippen molar-refractivity contribution in [2.45, 2.75) is 0 Å². The number of nitrogens with zero attached hydrogens (tertiary/aromatic N) is 5. The second kappa shape index (κ2) is 11.3. The highest BCUT2D eigenvalue weighted by atomic mass is 35.5. The van der Waals surface area contributed by atoms with Crippen molar-refractivity contribution in [1.29, 1.82) is 0 Å². The molecule has 0 saturated carbocycles. The third-order valence-electron chi connectivity index (χ3n) is 4.44. The third kappa shape index (κ3) is 5.98. The molecule has 0 fully saturated rings. The van der Waals surface area contributed by atoms with E-state index in [1.807, 2.05) is 48.5 Å². The van der Waals surface area contributed by atoms with Crippen molar-refractivity contribution >= 4 is 77.2 Å². The molecule has 0 aliphatic heterocycles. The quantitative estimate of drug-likeness (QED) is 0.259. The van der Waals surface area contributed by atoms with Crippen LogP contribution in [0, 0.1) is 0 Å². The molecule has 2 aromatic carbocycles. The summed E-state index contributed by atoms with van der Waals surface area (Å²) in [5, 5.41) is 6.45. The van der Waals surface area contributed by atoms with E-state index in [9.17, 15) is 0 Å². The Morgan fingerprint density at radius 3 is 2.18 bits per heavy atom. The molecule has 170 valence electrons. The maximum absolute atomic E-state index is 5.63. The van der Waals surface area contributed by atoms with E-state index in [2.05, 4.69) is 35.6 Å². The maximum atomic E-state index is 5.63. The number of imidazole rings is 1. The molecular formula is C21H20Cl3N9. The average molecular weight is 505 g/mol. The molecule has 0 amide bonds. The van der Waals surface area contributed by atoms with E-state index in [0.717, 1.165) is 39.6 Å². The molecule has 0 atom stereocenters. The first-order valence-corrected chi connectivity index (χ1v) is 9.22. The topological polar surface area (TPSA) is 130 Å². The number of fused-ring (bicyclic) bond motifs is 1. The molecule has 0 radical (unpaired) electrons. The maximum Gasteiger partial charge on any atom is 0.221 e. The number of anilines is 5. The predicted octanol–water partition coefficient (Wildman–Crippen LogP) is 5.14. The number of H-pyrrole nitrogens is 1. The number of aromatic amines is 1. The lowest BCUT2D eigenvalue weighted by Gasteiger charge is -2.05. The van der Waals surface area contributed by atoms with Crippen LogP contribution < -0.4 is 16.4 Å². The number of hydrogen-bond donors (Lipinski definition) is 4. The minimum atomic E-state index is 0. The highest BCUT2D eigenvalue weighted by molar-refractivity contribution is 5.86. The van der Waals surface area contributed by atoms with Crippen molar-refractivity contribution in [3.05, 3.63) is 73.3 Å². The lowest BCUT2D eigenvalue weighted by molar-refractivity contribution is 1.17. The predicted molar refractivity (Wildman–Crippen MR) is 138 cm³/mol. The van der Waals surface area contributed by atoms with Gasteiger partial charge in [0.05, 0.1) is 11.0 Å². The van der Waals surface area contributed by atoms with Crippen LogP contribution in [0.2, 0.25) is 0 Å². The normalized spacial score (nSPS) is 9.82. The molecule has 3 aromatic heterocycles. The molecule has 0 aliphatic rings. The van der Waals surface area contributed by atoms with Crippen LogP contribution in [0.25, 0.3) is 22.4 Å². The smallest absolute Gasteiger partial charge is 0.221 e. The molecule has 0 saturated heterocycles. The zero-order valence-corrected chi connectivity index (χ0v) is 19.4. The van der Waals surface area contributed by atoms with Crippen LogP contribution in [0.15, 0.2) is 73.3 Å². The van der Waals surface area contributed by atoms with Gasteiger partial charge in [-0.3, -0.25) is 0 Å². The fourth-order valence-corrected chi connectivity index (χ4v) is 3.04. The number of nitrogens with two attached hydrogens (primary N) is 1. The molecule has 12 heteroatoms. The molecule has 0 bridgehead atoms. The second-order valence-corrected chi connectivity index (χ2v) is 6.54. The van der Waals surface area contributed by atoms with E-state index >= 15 is 0 Å². The summed E-state index contributed by atoms with van der Waals surface area (Å²) in [5.74, 6) is 2.39. The Morgan fingerprint density at radius 2 is 1.45 bits per heavy atom. The van der Waals surface area contributed by atoms with Gasteiger partial charge in [-0.05, 0) is 54.6 Å². The molecule has 0 aliphatic carbocycles. The summed E-state index contributed by atoms with van der Waals surface area (Å²) in [6.07, 6.45) is 4.81. The van der Waals surface area contributed by atoms with Gasteiger partial charge in [-0.25, -0.2) is 19.9 Å². The highest BCUT2D eigenvalue weighted by Crippen LogP contribution is 2.25. The Kier molecular flexibility index (Phi) is 8.75. The number of aromatic nitrogens is 6. The summed E-state index contributed by atoms with van der Waals surface area (Å²) in [6.45, 7) is 0. The van der Waals surface area contributed by atoms with Gasteiger partial charge < -0.3 is 21.4 Å². The van der Waals surface area contributed by atoms with E-state index in [1.54, 1.807) is 18.5 Å². The van der Waals surface area contributed by atoms with Crippen molar-refractivity contribution in [1.82, 2.24) is 29.9 Å². The van der Waals surface area contributed by atoms with E-state index in [-0.39, 0.29) is 43.2 Å². The monoisotopic (exact) mass is 503 g/mol. The summed E-state index contributed by atoms with van der Waals surface area (Å²) < 4.78 is 0. The highest BCUT2D eigenvalue weighted by Gasteiger charge is 2.07. The zero-order chi connectivity index (χ0) is 20.3. The van der Waals surface area contributed by atoms with Crippen molar-refractivity contribution in [2.75, 3.05) is 16.4 Å². The number of hydrogen-bond acceptors (Lipinski definition) is 8. The lowest BCUT2D eigenvalue weighted by atomic mass is 10.2. The minimum Gasteiger partial charge on any atom is -0.368 e. The lowest BCUT2D eigenvalue weighted by Crippen LogP contribution is -1.98. The summed E-state index contributed by atoms with van der Waals surface area (Å²) >= 11 is 0. The van der Waals surface area contributed by atoms with Gasteiger partial charge in [0.25, 0.3) is 0 Å². The summed E-state index contributed by atoms with van der Waals surface area (Å²) in [6, 6.07) is 17.4. The number of halogens is 3. The van der Waals surface area contributed by atoms with Gasteiger partial charge in [-0.15, -0.1) is 37.2 Å². The molecule has 5 N–H and O–H groups in total. The Bertz CT molecular complexity index is 1310. The van der Waals surface area contributed by atoms with Crippen LogP contribution in [0.5, 0.6) is 0 Å². The largest absolute Gasteiger partial charge is 0.368 e. The van der Waals surface area contributed by atoms with E-state index in [4.69, 9.17) is 10.7 Å². The van der Waals surface area contributed by atoms with E-state index in [1.165, 1.54) is 6.33 Å². The van der Waals surface area contributed by atoms with Crippen molar-refractivity contribution in [2.24, 2.45) is 0 Å². The average Bonchev–Trinajstić information content (AvgIpc) is 3.18. The van der Waals surface area contributed by atoms with Gasteiger partial charge in [0.2, 0.25) is 5.95 Å². The van der Waals surface area contributed by atoms with Crippen LogP contribution in [0.3, 0.4) is 0 Å². The van der Waals surface area contributed by atoms with Gasteiger partial charge >= 0.3 is 0 Å². The molecule has 3 heterocycles. The molecule has 5 aromatic rings. The molecule has 0 unspecified atom stereocenters. The summed E-state index contributed by atoms with van der Waals surface area (Å²) in [4.78, 5) is 24.2. The van der Waals surface area contributed by atoms with E-state index < -0.39 is 0 Å². The Hall–Kier alpha value is -3.66. The molecular weight excluding hydrogens is 485 g/mol. The fraction of sp³-hybridized carbons (Fsp3) is 0. The van der Waals surface area contributed by atoms with Crippen LogP contribution in [-0.4, -0.2) is 29.9 Å². The molecule has 33 heavy (non-hydrogen) atoms. The van der Waals surface area contributed by atoms with Gasteiger partial charge in [0.1, 0.15) is 23.8 Å². The summed E-state index contributed by atoms with van der Waals surface area (Å²) in [7, 11) is 0. The first kappa shape index (κ1) is 25.6. The third-order valence-corrected chi connectivity index (χ3v) is 4.44. The zero-order valence-electron chi connectivity index (χ0n) is 17.0. The number of rotatable bonds is 5. The van der Waals surface area contributed by atoms with Crippen LogP contribution in [0.1, 0.15) is 0 Å². The van der Waals surface area contributed by atoms with Crippen molar-refractivity contribution in [3.8, 4) is 11.4 Å². The fourth-order valence-electron chi connectivity index (χ4n) is 3.04. The minimum absolute atomic E-state index is 0. The standard InChI is InChI=1S/C21H17N9.3ClH/c22-21-24-10-8-19(30-21)27-15-5-6-16-17(11-15)29-20(28-16)13-1-3-14(4-2-13)26-18-7-9-23-12-25-18;;;/h1-12H,(H,28,29)(H,23,25,26)(H3,22,24,27,30);3*1H. The Balaban J connectivity index is 0.00000128. The van der Waals surface area contributed by atoms with E-state index in [0.29, 0.717) is 5.82 Å². The first-order chi connectivity index (χ1) is 14.7. The van der Waals surface area contributed by atoms with Crippen molar-refractivity contribution in [3.63, 3.8) is 0 Å². The first-order valence-electron chi connectivity index (χ1n) is 9.22. The summed E-state index contributed by atoms with van der Waals surface area (Å²) in [5.41, 5.74) is 10.2. The second-order valence-electron chi connectivity index (χ2n) is 6.54. The molecule has 5 rings (SSSR count).